The average molecular weight is 343 g/mol. The third kappa shape index (κ3) is 2.68. The maximum atomic E-state index is 2.46. The fraction of sp³-hybridized carbons (Fsp3) is 0.429. The summed E-state index contributed by atoms with van der Waals surface area (Å²) in [6, 6.07) is 4.84. The van der Waals surface area contributed by atoms with Crippen molar-refractivity contribution in [2.75, 3.05) is 0 Å². The van der Waals surface area contributed by atoms with Crippen LogP contribution in [0.3, 0.4) is 0 Å². The summed E-state index contributed by atoms with van der Waals surface area (Å²) < 4.78 is 9.17. The van der Waals surface area contributed by atoms with E-state index < -0.39 is 8.07 Å². The Morgan fingerprint density at radius 2 is 1.58 bits per heavy atom. The second-order valence-corrected chi connectivity index (χ2v) is 16.5. The van der Waals surface area contributed by atoms with Gasteiger partial charge in [-0.1, -0.05) is 33.5 Å². The number of hydrogen-bond donors (Lipinski definition) is 0. The first-order chi connectivity index (χ1) is 8.84. The molecule has 3 aromatic heterocycles. The number of rotatable bonds is 3. The van der Waals surface area contributed by atoms with Crippen molar-refractivity contribution in [2.24, 2.45) is 0 Å². The van der Waals surface area contributed by atoms with E-state index in [-0.39, 0.29) is 0 Å². The number of thioether (sulfide) groups is 1. The smallest absolute Gasteiger partial charge is 0.0904 e. The molecule has 0 N–H and O–H groups in total. The maximum Gasteiger partial charge on any atom is 0.0904 e. The highest BCUT2D eigenvalue weighted by Crippen LogP contribution is 2.45. The van der Waals surface area contributed by atoms with E-state index in [9.17, 15) is 0 Å². The second-order valence-electron chi connectivity index (χ2n) is 6.08. The van der Waals surface area contributed by atoms with Crippen molar-refractivity contribution in [2.45, 2.75) is 42.9 Å². The van der Waals surface area contributed by atoms with Crippen LogP contribution in [0.4, 0.5) is 0 Å². The van der Waals surface area contributed by atoms with E-state index >= 15 is 0 Å². The molecule has 0 aliphatic heterocycles. The van der Waals surface area contributed by atoms with Crippen LogP contribution in [0.15, 0.2) is 16.3 Å². The van der Waals surface area contributed by atoms with Gasteiger partial charge in [-0.25, -0.2) is 0 Å². The van der Waals surface area contributed by atoms with E-state index in [0.717, 1.165) is 0 Å². The largest absolute Gasteiger partial charge is 0.143 e. The molecular weight excluding hydrogens is 325 g/mol. The summed E-state index contributed by atoms with van der Waals surface area (Å²) >= 11 is 8.00. The lowest BCUT2D eigenvalue weighted by atomic mass is 10.5. The Hall–Kier alpha value is 0.187. The Bertz CT molecular complexity index is 724. The Morgan fingerprint density at radius 3 is 2.21 bits per heavy atom. The highest BCUT2D eigenvalue weighted by molar-refractivity contribution is 8.01. The predicted octanol–water partition coefficient (Wildman–Crippen LogP) is 6.22. The zero-order chi connectivity index (χ0) is 13.8. The van der Waals surface area contributed by atoms with E-state index in [1.54, 1.807) is 4.50 Å². The summed E-state index contributed by atoms with van der Waals surface area (Å²) in [5, 5.41) is 0.670. The summed E-state index contributed by atoms with van der Waals surface area (Å²) in [6.07, 6.45) is 0. The zero-order valence-electron chi connectivity index (χ0n) is 11.9. The van der Waals surface area contributed by atoms with Crippen molar-refractivity contribution in [1.29, 1.82) is 0 Å². The van der Waals surface area contributed by atoms with E-state index in [2.05, 4.69) is 45.6 Å². The molecule has 0 saturated heterocycles. The van der Waals surface area contributed by atoms with Gasteiger partial charge in [-0.3, -0.25) is 0 Å². The van der Waals surface area contributed by atoms with Gasteiger partial charge in [0.25, 0.3) is 0 Å². The van der Waals surface area contributed by atoms with Crippen LogP contribution < -0.4 is 4.50 Å². The van der Waals surface area contributed by atoms with Gasteiger partial charge >= 0.3 is 0 Å². The highest BCUT2D eigenvalue weighted by atomic mass is 32.2. The first-order valence-electron chi connectivity index (χ1n) is 6.47. The maximum absolute atomic E-state index is 2.46. The number of thiophene rings is 3. The van der Waals surface area contributed by atoms with E-state index in [1.807, 2.05) is 45.8 Å². The van der Waals surface area contributed by atoms with Gasteiger partial charge in [0.2, 0.25) is 0 Å². The number of fused-ring (bicyclic) bond motifs is 3. The van der Waals surface area contributed by atoms with Crippen LogP contribution in [0.5, 0.6) is 0 Å². The van der Waals surface area contributed by atoms with Gasteiger partial charge in [0.15, 0.2) is 0 Å². The minimum absolute atomic E-state index is 0.670. The molecule has 0 nitrogen and oxygen atoms in total. The molecule has 0 fully saturated rings. The quantitative estimate of drug-likeness (QED) is 0.402. The molecular formula is C14H18S4Si. The van der Waals surface area contributed by atoms with Gasteiger partial charge in [-0.2, -0.15) is 0 Å². The molecule has 0 saturated carbocycles. The lowest BCUT2D eigenvalue weighted by Crippen LogP contribution is -2.34. The van der Waals surface area contributed by atoms with E-state index in [0.29, 0.717) is 5.25 Å². The third-order valence-electron chi connectivity index (χ3n) is 2.89. The van der Waals surface area contributed by atoms with Crippen molar-refractivity contribution in [1.82, 2.24) is 0 Å². The second kappa shape index (κ2) is 4.88. The summed E-state index contributed by atoms with van der Waals surface area (Å²) in [5.41, 5.74) is 0. The molecule has 3 rings (SSSR count). The third-order valence-corrected chi connectivity index (χ3v) is 11.4. The molecule has 0 aliphatic rings. The molecule has 3 heterocycles. The van der Waals surface area contributed by atoms with Crippen molar-refractivity contribution in [3.63, 3.8) is 0 Å². The molecule has 0 spiro atoms. The Morgan fingerprint density at radius 1 is 0.947 bits per heavy atom. The predicted molar refractivity (Wildman–Crippen MR) is 99.1 cm³/mol. The van der Waals surface area contributed by atoms with E-state index in [1.165, 1.54) is 23.0 Å². The molecule has 19 heavy (non-hydrogen) atoms. The van der Waals surface area contributed by atoms with Crippen LogP contribution in [-0.4, -0.2) is 13.3 Å². The monoisotopic (exact) mass is 342 g/mol. The number of hydrogen-bond acceptors (Lipinski definition) is 4. The Labute approximate surface area is 131 Å². The molecule has 0 aliphatic carbocycles. The van der Waals surface area contributed by atoms with Gasteiger partial charge in [0, 0.05) is 14.6 Å². The van der Waals surface area contributed by atoms with Crippen LogP contribution in [0.25, 0.3) is 18.8 Å². The molecule has 3 aromatic rings. The van der Waals surface area contributed by atoms with Crippen LogP contribution >= 0.6 is 45.8 Å². The van der Waals surface area contributed by atoms with Crippen molar-refractivity contribution in [3.05, 3.63) is 12.1 Å². The highest BCUT2D eigenvalue weighted by Gasteiger charge is 2.22. The molecule has 0 atom stereocenters. The van der Waals surface area contributed by atoms with Gasteiger partial charge in [0.1, 0.15) is 0 Å². The fourth-order valence-electron chi connectivity index (χ4n) is 1.97. The molecule has 0 unspecified atom stereocenters. The standard InChI is InChI=1S/C14H18S4Si/c1-8(2)15-11-6-9-13(17-11)14-10(16-9)7-12(18-14)19(3,4)5/h6-8H,1-5H3. The van der Waals surface area contributed by atoms with Gasteiger partial charge < -0.3 is 0 Å². The minimum Gasteiger partial charge on any atom is -0.143 e. The van der Waals surface area contributed by atoms with Gasteiger partial charge in [-0.15, -0.1) is 45.8 Å². The zero-order valence-corrected chi connectivity index (χ0v) is 16.1. The molecule has 0 aromatic carbocycles. The lowest BCUT2D eigenvalue weighted by molar-refractivity contribution is 1.11. The average Bonchev–Trinajstić information content (AvgIpc) is 2.84. The van der Waals surface area contributed by atoms with E-state index in [4.69, 9.17) is 0 Å². The first-order valence-corrected chi connectivity index (χ1v) is 13.3. The molecule has 5 heteroatoms. The van der Waals surface area contributed by atoms with Crippen LogP contribution in [0, 0.1) is 0 Å². The molecule has 0 radical (unpaired) electrons. The molecule has 102 valence electrons. The SMILES string of the molecule is CC(C)Sc1cc2sc3cc([Si](C)(C)C)sc3c2s1. The molecule has 0 bridgehead atoms. The summed E-state index contributed by atoms with van der Waals surface area (Å²) in [5.74, 6) is 0. The summed E-state index contributed by atoms with van der Waals surface area (Å²) in [6.45, 7) is 11.8. The Balaban J connectivity index is 2.11. The fourth-order valence-corrected chi connectivity index (χ4v) is 9.44. The first kappa shape index (κ1) is 14.1. The lowest BCUT2D eigenvalue weighted by Gasteiger charge is -2.11. The van der Waals surface area contributed by atoms with Crippen LogP contribution in [0.2, 0.25) is 19.6 Å². The van der Waals surface area contributed by atoms with Gasteiger partial charge in [-0.05, 0) is 16.6 Å². The Kier molecular flexibility index (Phi) is 3.63. The minimum atomic E-state index is -1.16. The van der Waals surface area contributed by atoms with Crippen LogP contribution in [0.1, 0.15) is 13.8 Å². The normalized spacial score (nSPS) is 13.2. The van der Waals surface area contributed by atoms with Crippen molar-refractivity contribution >= 4 is 77.1 Å². The van der Waals surface area contributed by atoms with Crippen molar-refractivity contribution < 1.29 is 0 Å². The molecule has 0 amide bonds. The topological polar surface area (TPSA) is 0 Å². The summed E-state index contributed by atoms with van der Waals surface area (Å²) in [4.78, 5) is 0. The van der Waals surface area contributed by atoms with Gasteiger partial charge in [0.05, 0.1) is 21.7 Å². The van der Waals surface area contributed by atoms with Crippen LogP contribution in [-0.2, 0) is 0 Å². The summed E-state index contributed by atoms with van der Waals surface area (Å²) in [7, 11) is -1.16. The van der Waals surface area contributed by atoms with Crippen molar-refractivity contribution in [3.8, 4) is 0 Å².